The average molecular weight is 383 g/mol. The molecule has 3 rings (SSSR count). The van der Waals surface area contributed by atoms with Crippen LogP contribution < -0.4 is 5.73 Å². The van der Waals surface area contributed by atoms with Crippen molar-refractivity contribution in [1.29, 1.82) is 0 Å². The molecule has 1 aromatic carbocycles. The molecule has 1 amide bonds. The first-order valence-corrected chi connectivity index (χ1v) is 7.72. The van der Waals surface area contributed by atoms with Gasteiger partial charge in [-0.2, -0.15) is 4.39 Å². The number of aliphatic imine (C=N–C) groups is 1. The summed E-state index contributed by atoms with van der Waals surface area (Å²) in [5, 5.41) is 0.347. The number of halogens is 3. The van der Waals surface area contributed by atoms with Gasteiger partial charge in [0.25, 0.3) is 0 Å². The van der Waals surface area contributed by atoms with Gasteiger partial charge in [-0.3, -0.25) is 9.69 Å². The number of carbonyl (C=O) groups is 1. The van der Waals surface area contributed by atoms with Crippen LogP contribution in [-0.2, 0) is 10.3 Å². The zero-order chi connectivity index (χ0) is 17.5. The number of guanidine groups is 1. The monoisotopic (exact) mass is 382 g/mol. The van der Waals surface area contributed by atoms with E-state index in [1.165, 1.54) is 17.2 Å². The highest BCUT2D eigenvalue weighted by molar-refractivity contribution is 6.30. The summed E-state index contributed by atoms with van der Waals surface area (Å²) in [6.45, 7) is 1.83. The number of benzene rings is 1. The molecule has 0 bridgehead atoms. The van der Waals surface area contributed by atoms with E-state index < -0.39 is 11.5 Å². The van der Waals surface area contributed by atoms with Crippen molar-refractivity contribution in [2.24, 2.45) is 10.7 Å². The number of rotatable bonds is 2. The Hall–Kier alpha value is -2.18. The second kappa shape index (κ2) is 6.98. The molecule has 0 fully saturated rings. The van der Waals surface area contributed by atoms with Crippen LogP contribution in [0.5, 0.6) is 0 Å². The van der Waals surface area contributed by atoms with Crippen molar-refractivity contribution >= 4 is 35.9 Å². The minimum Gasteiger partial charge on any atom is -0.369 e. The maximum absolute atomic E-state index is 14.0. The maximum atomic E-state index is 14.0. The molecular weight excluding hydrogens is 366 g/mol. The van der Waals surface area contributed by atoms with Crippen LogP contribution in [0.25, 0.3) is 11.1 Å². The predicted molar refractivity (Wildman–Crippen MR) is 98.3 cm³/mol. The van der Waals surface area contributed by atoms with Crippen LogP contribution in [0.3, 0.4) is 0 Å². The van der Waals surface area contributed by atoms with Crippen molar-refractivity contribution in [3.8, 4) is 11.1 Å². The fourth-order valence-corrected chi connectivity index (χ4v) is 2.88. The number of pyridine rings is 1. The topological polar surface area (TPSA) is 71.6 Å². The van der Waals surface area contributed by atoms with E-state index in [4.69, 9.17) is 17.3 Å². The number of nitrogens with zero attached hydrogens (tertiary/aromatic N) is 3. The van der Waals surface area contributed by atoms with Gasteiger partial charge >= 0.3 is 0 Å². The molecule has 0 radical (unpaired) electrons. The Morgan fingerprint density at radius 1 is 1.36 bits per heavy atom. The van der Waals surface area contributed by atoms with Crippen molar-refractivity contribution in [3.63, 3.8) is 0 Å². The Labute approximate surface area is 156 Å². The smallest absolute Gasteiger partial charge is 0.231 e. The second-order valence-corrected chi connectivity index (χ2v) is 6.38. The molecule has 2 heterocycles. The summed E-state index contributed by atoms with van der Waals surface area (Å²) in [5.74, 6) is -0.565. The average Bonchev–Trinajstić information content (AvgIpc) is 2.55. The number of aromatic nitrogens is 1. The van der Waals surface area contributed by atoms with E-state index in [0.717, 1.165) is 5.56 Å². The molecule has 2 N–H and O–H groups in total. The predicted octanol–water partition coefficient (Wildman–Crippen LogP) is 3.35. The fourth-order valence-electron chi connectivity index (χ4n) is 2.72. The summed E-state index contributed by atoms with van der Waals surface area (Å²) >= 11 is 5.92. The lowest BCUT2D eigenvalue weighted by Gasteiger charge is -2.33. The molecule has 0 spiro atoms. The van der Waals surface area contributed by atoms with Crippen LogP contribution in [0, 0.1) is 5.95 Å². The van der Waals surface area contributed by atoms with Gasteiger partial charge in [0.05, 0.1) is 17.0 Å². The number of hydrogen-bond donors (Lipinski definition) is 1. The van der Waals surface area contributed by atoms with Crippen LogP contribution in [-0.4, -0.2) is 28.8 Å². The lowest BCUT2D eigenvalue weighted by Crippen LogP contribution is -2.47. The first-order valence-electron chi connectivity index (χ1n) is 7.34. The van der Waals surface area contributed by atoms with Gasteiger partial charge in [-0.15, -0.1) is 12.4 Å². The zero-order valence-electron chi connectivity index (χ0n) is 13.7. The number of hydrogen-bond acceptors (Lipinski definition) is 4. The molecule has 0 saturated heterocycles. The molecule has 0 saturated carbocycles. The summed E-state index contributed by atoms with van der Waals surface area (Å²) in [5.41, 5.74) is 6.72. The van der Waals surface area contributed by atoms with E-state index >= 15 is 0 Å². The Balaban J connectivity index is 0.00000225. The summed E-state index contributed by atoms with van der Waals surface area (Å²) in [6.07, 6.45) is 1.44. The first kappa shape index (κ1) is 19.1. The van der Waals surface area contributed by atoms with Crippen LogP contribution in [0.2, 0.25) is 5.02 Å². The lowest BCUT2D eigenvalue weighted by atomic mass is 9.86. The van der Waals surface area contributed by atoms with Gasteiger partial charge < -0.3 is 5.73 Å². The third kappa shape index (κ3) is 3.60. The Kier molecular flexibility index (Phi) is 5.34. The molecule has 1 atom stereocenters. The highest BCUT2D eigenvalue weighted by Crippen LogP contribution is 2.35. The van der Waals surface area contributed by atoms with Crippen LogP contribution >= 0.6 is 24.0 Å². The van der Waals surface area contributed by atoms with E-state index in [9.17, 15) is 9.18 Å². The third-order valence-corrected chi connectivity index (χ3v) is 4.38. The highest BCUT2D eigenvalue weighted by Gasteiger charge is 2.36. The number of amides is 1. The van der Waals surface area contributed by atoms with Gasteiger partial charge in [-0.1, -0.05) is 29.8 Å². The van der Waals surface area contributed by atoms with E-state index in [1.807, 2.05) is 13.0 Å². The van der Waals surface area contributed by atoms with Gasteiger partial charge in [0.2, 0.25) is 11.9 Å². The first-order chi connectivity index (χ1) is 11.3. The summed E-state index contributed by atoms with van der Waals surface area (Å²) in [7, 11) is 1.59. The van der Waals surface area contributed by atoms with Gasteiger partial charge in [-0.25, -0.2) is 9.98 Å². The van der Waals surface area contributed by atoms with Crippen LogP contribution in [0.15, 0.2) is 41.5 Å². The van der Waals surface area contributed by atoms with Crippen LogP contribution in [0.1, 0.15) is 18.9 Å². The van der Waals surface area contributed by atoms with Gasteiger partial charge in [0.15, 0.2) is 5.96 Å². The van der Waals surface area contributed by atoms with Gasteiger partial charge in [-0.05, 0) is 30.2 Å². The Morgan fingerprint density at radius 3 is 2.76 bits per heavy atom. The minimum atomic E-state index is -0.799. The molecule has 1 aromatic heterocycles. The minimum absolute atomic E-state index is 0. The summed E-state index contributed by atoms with van der Waals surface area (Å²) < 4.78 is 14.0. The maximum Gasteiger partial charge on any atom is 0.231 e. The SMILES string of the molecule is CN1C(=O)CC(C)(c2cccc(-c3cc(Cl)cnc3F)c2)N=C1N.Cl. The molecule has 5 nitrogen and oxygen atoms in total. The lowest BCUT2D eigenvalue weighted by molar-refractivity contribution is -0.128. The van der Waals surface area contributed by atoms with Crippen molar-refractivity contribution in [1.82, 2.24) is 9.88 Å². The Morgan fingerprint density at radius 2 is 2.08 bits per heavy atom. The van der Waals surface area contributed by atoms with Crippen molar-refractivity contribution in [2.75, 3.05) is 7.05 Å². The molecule has 2 aromatic rings. The van der Waals surface area contributed by atoms with Crippen molar-refractivity contribution in [2.45, 2.75) is 18.9 Å². The molecule has 1 aliphatic heterocycles. The van der Waals surface area contributed by atoms with E-state index in [-0.39, 0.29) is 30.7 Å². The molecule has 8 heteroatoms. The summed E-state index contributed by atoms with van der Waals surface area (Å²) in [4.78, 5) is 21.5. The molecule has 132 valence electrons. The fraction of sp³-hybridized carbons (Fsp3) is 0.235. The van der Waals surface area contributed by atoms with Crippen LogP contribution in [0.4, 0.5) is 4.39 Å². The molecule has 0 aliphatic carbocycles. The second-order valence-electron chi connectivity index (χ2n) is 5.95. The number of carbonyl (C=O) groups excluding carboxylic acids is 1. The van der Waals surface area contributed by atoms with E-state index in [0.29, 0.717) is 16.1 Å². The zero-order valence-corrected chi connectivity index (χ0v) is 15.2. The number of nitrogens with two attached hydrogens (primary N) is 1. The molecule has 25 heavy (non-hydrogen) atoms. The highest BCUT2D eigenvalue weighted by atomic mass is 35.5. The third-order valence-electron chi connectivity index (χ3n) is 4.18. The summed E-state index contributed by atoms with van der Waals surface area (Å²) in [6, 6.07) is 8.68. The largest absolute Gasteiger partial charge is 0.369 e. The van der Waals surface area contributed by atoms with Gasteiger partial charge in [0.1, 0.15) is 0 Å². The molecule has 1 unspecified atom stereocenters. The van der Waals surface area contributed by atoms with E-state index in [2.05, 4.69) is 9.98 Å². The van der Waals surface area contributed by atoms with E-state index in [1.54, 1.807) is 25.2 Å². The Bertz CT molecular complexity index is 858. The van der Waals surface area contributed by atoms with Crippen molar-refractivity contribution < 1.29 is 9.18 Å². The molecule has 1 aliphatic rings. The standard InChI is InChI=1S/C17H16ClFN4O.ClH/c1-17(8-14(24)23(2)16(20)22-17)11-5-3-4-10(6-11)13-7-12(18)9-21-15(13)19;/h3-7,9H,8H2,1-2H3,(H2,20,22);1H. The molecular formula is C17H17Cl2FN4O. The van der Waals surface area contributed by atoms with Gasteiger partial charge in [0, 0.05) is 18.8 Å². The normalized spacial score (nSPS) is 20.1. The van der Waals surface area contributed by atoms with Crippen molar-refractivity contribution in [3.05, 3.63) is 53.1 Å². The quantitative estimate of drug-likeness (QED) is 0.809.